The number of carbonyl (C=O) groups excluding carboxylic acids is 3. The maximum Gasteiger partial charge on any atom is 0.306 e. The Morgan fingerprint density at radius 3 is 0.963 bits per heavy atom. The van der Waals surface area contributed by atoms with E-state index in [2.05, 4.69) is 27.7 Å². The van der Waals surface area contributed by atoms with Crippen LogP contribution in [0.25, 0.3) is 0 Å². The first-order chi connectivity index (χ1) is 26.4. The summed E-state index contributed by atoms with van der Waals surface area (Å²) in [7, 11) is 0. The minimum Gasteiger partial charge on any atom is -0.462 e. The molecule has 0 aliphatic carbocycles. The standard InChI is InChI=1S/C48H92O6/c1-5-8-10-12-14-16-18-19-20-21-23-28-32-36-40-47(50)53-43-45(42-52-46(49)39-35-31-27-22-17-15-13-11-9-6-2)54-48(51)41-37-33-29-25-24-26-30-34-38-44(4)7-3/h44-45H,5-43H2,1-4H3/t44?,45-/m0/s1. The highest BCUT2D eigenvalue weighted by atomic mass is 16.6. The highest BCUT2D eigenvalue weighted by molar-refractivity contribution is 5.71. The van der Waals surface area contributed by atoms with Gasteiger partial charge >= 0.3 is 17.9 Å². The van der Waals surface area contributed by atoms with Crippen LogP contribution in [0.4, 0.5) is 0 Å². The van der Waals surface area contributed by atoms with Crippen LogP contribution >= 0.6 is 0 Å². The van der Waals surface area contributed by atoms with Crippen molar-refractivity contribution in [1.29, 1.82) is 0 Å². The fourth-order valence-corrected chi connectivity index (χ4v) is 7.12. The van der Waals surface area contributed by atoms with E-state index >= 15 is 0 Å². The molecule has 0 aromatic heterocycles. The number of hydrogen-bond donors (Lipinski definition) is 0. The molecule has 0 fully saturated rings. The molecule has 0 aromatic carbocycles. The van der Waals surface area contributed by atoms with E-state index in [-0.39, 0.29) is 31.1 Å². The molecule has 0 N–H and O–H groups in total. The van der Waals surface area contributed by atoms with Crippen molar-refractivity contribution in [1.82, 2.24) is 0 Å². The molecule has 6 nitrogen and oxygen atoms in total. The van der Waals surface area contributed by atoms with Gasteiger partial charge in [0.1, 0.15) is 13.2 Å². The summed E-state index contributed by atoms with van der Waals surface area (Å²) in [6.45, 7) is 9.00. The van der Waals surface area contributed by atoms with Crippen LogP contribution < -0.4 is 0 Å². The summed E-state index contributed by atoms with van der Waals surface area (Å²) in [4.78, 5) is 37.7. The molecule has 0 radical (unpaired) electrons. The molecule has 6 heteroatoms. The zero-order chi connectivity index (χ0) is 39.6. The smallest absolute Gasteiger partial charge is 0.306 e. The number of ether oxygens (including phenoxy) is 3. The SMILES string of the molecule is CCCCCCCCCCCCCCCCC(=O)OC[C@H](COC(=O)CCCCCCCCCCCC)OC(=O)CCCCCCCCCCC(C)CC. The quantitative estimate of drug-likeness (QED) is 0.0349. The second kappa shape index (κ2) is 42.6. The van der Waals surface area contributed by atoms with Crippen LogP contribution in [-0.2, 0) is 28.6 Å². The van der Waals surface area contributed by atoms with Crippen molar-refractivity contribution in [3.05, 3.63) is 0 Å². The molecule has 0 saturated carbocycles. The minimum absolute atomic E-state index is 0.0637. The van der Waals surface area contributed by atoms with Crippen LogP contribution in [0.3, 0.4) is 0 Å². The maximum absolute atomic E-state index is 12.7. The van der Waals surface area contributed by atoms with Crippen LogP contribution in [0.15, 0.2) is 0 Å². The topological polar surface area (TPSA) is 78.9 Å². The van der Waals surface area contributed by atoms with Gasteiger partial charge in [-0.1, -0.05) is 227 Å². The Bertz CT molecular complexity index is 813. The zero-order valence-corrected chi connectivity index (χ0v) is 36.7. The van der Waals surface area contributed by atoms with E-state index in [9.17, 15) is 14.4 Å². The summed E-state index contributed by atoms with van der Waals surface area (Å²) >= 11 is 0. The van der Waals surface area contributed by atoms with Gasteiger partial charge in [-0.2, -0.15) is 0 Å². The number of carbonyl (C=O) groups is 3. The maximum atomic E-state index is 12.7. The second-order valence-electron chi connectivity index (χ2n) is 16.6. The first-order valence-electron chi connectivity index (χ1n) is 23.9. The van der Waals surface area contributed by atoms with Crippen molar-refractivity contribution in [2.75, 3.05) is 13.2 Å². The third-order valence-electron chi connectivity index (χ3n) is 11.2. The van der Waals surface area contributed by atoms with Gasteiger partial charge in [-0.05, 0) is 25.2 Å². The van der Waals surface area contributed by atoms with E-state index in [1.165, 1.54) is 161 Å². The molecule has 0 aliphatic heterocycles. The van der Waals surface area contributed by atoms with Crippen molar-refractivity contribution < 1.29 is 28.6 Å². The fourth-order valence-electron chi connectivity index (χ4n) is 7.12. The minimum atomic E-state index is -0.759. The first-order valence-corrected chi connectivity index (χ1v) is 23.9. The van der Waals surface area contributed by atoms with E-state index in [4.69, 9.17) is 14.2 Å². The summed E-state index contributed by atoms with van der Waals surface area (Å²) in [5, 5.41) is 0. The molecule has 0 rings (SSSR count). The van der Waals surface area contributed by atoms with Gasteiger partial charge in [0.05, 0.1) is 0 Å². The van der Waals surface area contributed by atoms with Crippen LogP contribution in [0.2, 0.25) is 0 Å². The van der Waals surface area contributed by atoms with Crippen LogP contribution in [-0.4, -0.2) is 37.2 Å². The average molecular weight is 765 g/mol. The van der Waals surface area contributed by atoms with E-state index in [1.54, 1.807) is 0 Å². The Hall–Kier alpha value is -1.59. The number of rotatable bonds is 43. The van der Waals surface area contributed by atoms with E-state index in [0.717, 1.165) is 63.7 Å². The van der Waals surface area contributed by atoms with E-state index in [0.29, 0.717) is 19.3 Å². The van der Waals surface area contributed by atoms with E-state index < -0.39 is 6.10 Å². The number of unbranched alkanes of at least 4 members (excludes halogenated alkanes) is 29. The summed E-state index contributed by atoms with van der Waals surface area (Å²) in [6, 6.07) is 0. The van der Waals surface area contributed by atoms with Crippen molar-refractivity contribution in [3.8, 4) is 0 Å². The Kier molecular flexibility index (Phi) is 41.3. The third-order valence-corrected chi connectivity index (χ3v) is 11.2. The molecule has 0 aliphatic rings. The van der Waals surface area contributed by atoms with Crippen molar-refractivity contribution in [2.24, 2.45) is 5.92 Å². The van der Waals surface area contributed by atoms with Gasteiger partial charge in [0.25, 0.3) is 0 Å². The van der Waals surface area contributed by atoms with Crippen molar-refractivity contribution in [2.45, 2.75) is 271 Å². The Morgan fingerprint density at radius 2 is 0.648 bits per heavy atom. The molecule has 0 amide bonds. The Morgan fingerprint density at radius 1 is 0.370 bits per heavy atom. The first kappa shape index (κ1) is 52.4. The second-order valence-corrected chi connectivity index (χ2v) is 16.6. The largest absolute Gasteiger partial charge is 0.462 e. The monoisotopic (exact) mass is 765 g/mol. The van der Waals surface area contributed by atoms with Gasteiger partial charge in [-0.15, -0.1) is 0 Å². The lowest BCUT2D eigenvalue weighted by Crippen LogP contribution is -2.30. The number of hydrogen-bond acceptors (Lipinski definition) is 6. The lowest BCUT2D eigenvalue weighted by molar-refractivity contribution is -0.167. The molecule has 0 saturated heterocycles. The summed E-state index contributed by atoms with van der Waals surface area (Å²) in [6.07, 6.45) is 42.2. The highest BCUT2D eigenvalue weighted by Gasteiger charge is 2.19. The predicted octanol–water partition coefficient (Wildman–Crippen LogP) is 15.1. The van der Waals surface area contributed by atoms with Gasteiger partial charge < -0.3 is 14.2 Å². The molecule has 320 valence electrons. The molecule has 54 heavy (non-hydrogen) atoms. The van der Waals surface area contributed by atoms with Gasteiger partial charge in [0.2, 0.25) is 0 Å². The molecule has 0 bridgehead atoms. The molecule has 0 aromatic rings. The Labute approximate surface area is 336 Å². The van der Waals surface area contributed by atoms with Crippen molar-refractivity contribution >= 4 is 17.9 Å². The molecular formula is C48H92O6. The predicted molar refractivity (Wildman–Crippen MR) is 229 cm³/mol. The normalized spacial score (nSPS) is 12.4. The lowest BCUT2D eigenvalue weighted by Gasteiger charge is -2.18. The van der Waals surface area contributed by atoms with Crippen molar-refractivity contribution in [3.63, 3.8) is 0 Å². The lowest BCUT2D eigenvalue weighted by atomic mass is 9.99. The molecule has 0 spiro atoms. The zero-order valence-electron chi connectivity index (χ0n) is 36.7. The Balaban J connectivity index is 4.32. The molecular weight excluding hydrogens is 673 g/mol. The van der Waals surface area contributed by atoms with Crippen LogP contribution in [0.1, 0.15) is 265 Å². The summed E-state index contributed by atoms with van der Waals surface area (Å²) < 4.78 is 16.7. The van der Waals surface area contributed by atoms with Gasteiger partial charge in [0.15, 0.2) is 6.10 Å². The molecule has 0 heterocycles. The van der Waals surface area contributed by atoms with E-state index in [1.807, 2.05) is 0 Å². The van der Waals surface area contributed by atoms with Crippen LogP contribution in [0.5, 0.6) is 0 Å². The van der Waals surface area contributed by atoms with Crippen LogP contribution in [0, 0.1) is 5.92 Å². The summed E-state index contributed by atoms with van der Waals surface area (Å²) in [5.74, 6) is -0.00815. The molecule has 2 atom stereocenters. The fraction of sp³-hybridized carbons (Fsp3) is 0.938. The number of esters is 3. The molecule has 1 unspecified atom stereocenters. The van der Waals surface area contributed by atoms with Gasteiger partial charge in [-0.3, -0.25) is 14.4 Å². The average Bonchev–Trinajstić information content (AvgIpc) is 3.17. The highest BCUT2D eigenvalue weighted by Crippen LogP contribution is 2.17. The van der Waals surface area contributed by atoms with Gasteiger partial charge in [-0.25, -0.2) is 0 Å². The summed E-state index contributed by atoms with van der Waals surface area (Å²) in [5.41, 5.74) is 0. The van der Waals surface area contributed by atoms with Gasteiger partial charge in [0, 0.05) is 19.3 Å². The third kappa shape index (κ3) is 40.1.